The van der Waals surface area contributed by atoms with Crippen LogP contribution in [-0.4, -0.2) is 41.2 Å². The van der Waals surface area contributed by atoms with Crippen LogP contribution in [0.3, 0.4) is 0 Å². The van der Waals surface area contributed by atoms with Crippen molar-refractivity contribution in [3.8, 4) is 0 Å². The van der Waals surface area contributed by atoms with Crippen LogP contribution in [0.25, 0.3) is 0 Å². The number of aromatic amines is 1. The Bertz CT molecular complexity index is 506. The van der Waals surface area contributed by atoms with E-state index in [9.17, 15) is 9.59 Å². The summed E-state index contributed by atoms with van der Waals surface area (Å²) in [6, 6.07) is 1.40. The van der Waals surface area contributed by atoms with E-state index in [1.807, 2.05) is 4.90 Å². The Kier molecular flexibility index (Phi) is 4.16. The van der Waals surface area contributed by atoms with Crippen LogP contribution in [0.1, 0.15) is 18.5 Å². The second-order valence-corrected chi connectivity index (χ2v) is 4.59. The number of carboxylic acids is 1. The van der Waals surface area contributed by atoms with Crippen LogP contribution in [0.15, 0.2) is 10.9 Å². The third-order valence-corrected chi connectivity index (χ3v) is 3.22. The second kappa shape index (κ2) is 5.83. The van der Waals surface area contributed by atoms with Crippen molar-refractivity contribution >= 4 is 11.9 Å². The Labute approximate surface area is 110 Å². The Hall–Kier alpha value is -1.89. The molecule has 1 aliphatic heterocycles. The van der Waals surface area contributed by atoms with E-state index in [0.29, 0.717) is 37.6 Å². The first kappa shape index (κ1) is 13.5. The van der Waals surface area contributed by atoms with E-state index < -0.39 is 5.97 Å². The maximum Gasteiger partial charge on any atom is 0.306 e. The first-order valence-corrected chi connectivity index (χ1v) is 6.17. The van der Waals surface area contributed by atoms with Gasteiger partial charge in [-0.3, -0.25) is 14.6 Å². The van der Waals surface area contributed by atoms with E-state index in [-0.39, 0.29) is 18.1 Å². The lowest BCUT2D eigenvalue weighted by Gasteiger charge is -2.30. The van der Waals surface area contributed by atoms with Gasteiger partial charge in [0.25, 0.3) is 5.56 Å². The minimum absolute atomic E-state index is 0.225. The second-order valence-electron chi connectivity index (χ2n) is 4.59. The Morgan fingerprint density at radius 2 is 2.26 bits per heavy atom. The highest BCUT2D eigenvalue weighted by Crippen LogP contribution is 2.20. The highest BCUT2D eigenvalue weighted by molar-refractivity contribution is 5.70. The minimum Gasteiger partial charge on any atom is -0.481 e. The number of H-pyrrole nitrogens is 1. The van der Waals surface area contributed by atoms with Crippen LogP contribution in [0.4, 0.5) is 5.95 Å². The SMILES string of the molecule is COCc1cc(=O)[nH]c(N2CCC(C(=O)O)CC2)n1. The van der Waals surface area contributed by atoms with Gasteiger partial charge >= 0.3 is 5.97 Å². The number of carboxylic acid groups (broad SMARTS) is 1. The molecule has 1 aromatic heterocycles. The first-order chi connectivity index (χ1) is 9.10. The summed E-state index contributed by atoms with van der Waals surface area (Å²) in [5.41, 5.74) is 0.346. The van der Waals surface area contributed by atoms with E-state index in [0.717, 1.165) is 0 Å². The summed E-state index contributed by atoms with van der Waals surface area (Å²) >= 11 is 0. The van der Waals surface area contributed by atoms with Gasteiger partial charge < -0.3 is 14.7 Å². The molecule has 2 rings (SSSR count). The lowest BCUT2D eigenvalue weighted by atomic mass is 9.97. The highest BCUT2D eigenvalue weighted by Gasteiger charge is 2.25. The van der Waals surface area contributed by atoms with Gasteiger partial charge in [-0.05, 0) is 12.8 Å². The molecule has 7 nitrogen and oxygen atoms in total. The molecule has 0 amide bonds. The molecule has 1 fully saturated rings. The Balaban J connectivity index is 2.10. The fourth-order valence-corrected chi connectivity index (χ4v) is 2.20. The number of nitrogens with zero attached hydrogens (tertiary/aromatic N) is 2. The number of piperidine rings is 1. The standard InChI is InChI=1S/C12H17N3O4/c1-19-7-9-6-10(16)14-12(13-9)15-4-2-8(3-5-15)11(17)18/h6,8H,2-5,7H2,1H3,(H,17,18)(H,13,14,16). The molecule has 0 aromatic carbocycles. The van der Waals surface area contributed by atoms with Crippen LogP contribution >= 0.6 is 0 Å². The lowest BCUT2D eigenvalue weighted by Crippen LogP contribution is -2.38. The molecule has 0 bridgehead atoms. The summed E-state index contributed by atoms with van der Waals surface area (Å²) in [7, 11) is 1.54. The monoisotopic (exact) mass is 267 g/mol. The van der Waals surface area contributed by atoms with Gasteiger partial charge in [0, 0.05) is 26.3 Å². The molecule has 1 saturated heterocycles. The number of rotatable bonds is 4. The van der Waals surface area contributed by atoms with Crippen molar-refractivity contribution in [3.05, 3.63) is 22.1 Å². The molecule has 19 heavy (non-hydrogen) atoms. The summed E-state index contributed by atoms with van der Waals surface area (Å²) in [4.78, 5) is 31.3. The number of hydrogen-bond acceptors (Lipinski definition) is 5. The number of methoxy groups -OCH3 is 1. The van der Waals surface area contributed by atoms with E-state index in [1.165, 1.54) is 6.07 Å². The van der Waals surface area contributed by atoms with Crippen molar-refractivity contribution < 1.29 is 14.6 Å². The summed E-state index contributed by atoms with van der Waals surface area (Å²) in [5, 5.41) is 8.94. The quantitative estimate of drug-likeness (QED) is 0.810. The molecular formula is C12H17N3O4. The number of nitrogens with one attached hydrogen (secondary N) is 1. The molecule has 7 heteroatoms. The van der Waals surface area contributed by atoms with Gasteiger partial charge in [-0.2, -0.15) is 0 Å². The van der Waals surface area contributed by atoms with Gasteiger partial charge in [-0.15, -0.1) is 0 Å². The van der Waals surface area contributed by atoms with E-state index in [1.54, 1.807) is 7.11 Å². The number of ether oxygens (including phenoxy) is 1. The maximum absolute atomic E-state index is 11.5. The van der Waals surface area contributed by atoms with Gasteiger partial charge in [-0.1, -0.05) is 0 Å². The third kappa shape index (κ3) is 3.31. The molecule has 1 aromatic rings. The van der Waals surface area contributed by atoms with Crippen molar-refractivity contribution in [2.24, 2.45) is 5.92 Å². The zero-order chi connectivity index (χ0) is 13.8. The van der Waals surface area contributed by atoms with Gasteiger partial charge in [0.1, 0.15) is 0 Å². The molecule has 2 heterocycles. The minimum atomic E-state index is -0.755. The molecule has 0 spiro atoms. The fraction of sp³-hybridized carbons (Fsp3) is 0.583. The Morgan fingerprint density at radius 3 is 2.84 bits per heavy atom. The summed E-state index contributed by atoms with van der Waals surface area (Å²) in [6.07, 6.45) is 1.13. The highest BCUT2D eigenvalue weighted by atomic mass is 16.5. The van der Waals surface area contributed by atoms with Gasteiger partial charge in [0.05, 0.1) is 18.2 Å². The van der Waals surface area contributed by atoms with Crippen molar-refractivity contribution in [2.45, 2.75) is 19.4 Å². The number of carbonyl (C=O) groups is 1. The average molecular weight is 267 g/mol. The molecule has 1 aliphatic rings. The van der Waals surface area contributed by atoms with Gasteiger partial charge in [0.2, 0.25) is 5.95 Å². The zero-order valence-corrected chi connectivity index (χ0v) is 10.8. The molecule has 2 N–H and O–H groups in total. The molecule has 0 aliphatic carbocycles. The average Bonchev–Trinajstić information content (AvgIpc) is 2.38. The number of aromatic nitrogens is 2. The van der Waals surface area contributed by atoms with Crippen LogP contribution in [-0.2, 0) is 16.1 Å². The first-order valence-electron chi connectivity index (χ1n) is 6.17. The van der Waals surface area contributed by atoms with Crippen molar-refractivity contribution in [3.63, 3.8) is 0 Å². The van der Waals surface area contributed by atoms with Crippen molar-refractivity contribution in [1.29, 1.82) is 0 Å². The smallest absolute Gasteiger partial charge is 0.306 e. The number of anilines is 1. The molecule has 0 radical (unpaired) electrons. The molecular weight excluding hydrogens is 250 g/mol. The largest absolute Gasteiger partial charge is 0.481 e. The third-order valence-electron chi connectivity index (χ3n) is 3.22. The number of hydrogen-bond donors (Lipinski definition) is 2. The summed E-state index contributed by atoms with van der Waals surface area (Å²) in [5.74, 6) is -0.567. The van der Waals surface area contributed by atoms with E-state index in [2.05, 4.69) is 9.97 Å². The molecule has 104 valence electrons. The molecule has 0 atom stereocenters. The zero-order valence-electron chi connectivity index (χ0n) is 10.8. The van der Waals surface area contributed by atoms with Crippen molar-refractivity contribution in [1.82, 2.24) is 9.97 Å². The van der Waals surface area contributed by atoms with Crippen LogP contribution in [0.5, 0.6) is 0 Å². The lowest BCUT2D eigenvalue weighted by molar-refractivity contribution is -0.142. The number of aliphatic carboxylic acids is 1. The van der Waals surface area contributed by atoms with Gasteiger partial charge in [0.15, 0.2) is 0 Å². The normalized spacial score (nSPS) is 16.6. The predicted molar refractivity (Wildman–Crippen MR) is 68.1 cm³/mol. The Morgan fingerprint density at radius 1 is 1.58 bits per heavy atom. The van der Waals surface area contributed by atoms with Crippen LogP contribution in [0.2, 0.25) is 0 Å². The van der Waals surface area contributed by atoms with Crippen LogP contribution in [0, 0.1) is 5.92 Å². The van der Waals surface area contributed by atoms with Gasteiger partial charge in [-0.25, -0.2) is 4.98 Å². The molecule has 0 saturated carbocycles. The van der Waals surface area contributed by atoms with E-state index in [4.69, 9.17) is 9.84 Å². The summed E-state index contributed by atoms with van der Waals surface area (Å²) < 4.78 is 4.96. The summed E-state index contributed by atoms with van der Waals surface area (Å²) in [6.45, 7) is 1.44. The molecule has 0 unspecified atom stereocenters. The fourth-order valence-electron chi connectivity index (χ4n) is 2.20. The maximum atomic E-state index is 11.5. The topological polar surface area (TPSA) is 95.5 Å². The van der Waals surface area contributed by atoms with E-state index >= 15 is 0 Å². The predicted octanol–water partition coefficient (Wildman–Crippen LogP) is 0.217. The van der Waals surface area contributed by atoms with Crippen molar-refractivity contribution in [2.75, 3.05) is 25.1 Å². The van der Waals surface area contributed by atoms with Crippen LogP contribution < -0.4 is 10.5 Å².